The number of hydrogen-bond acceptors (Lipinski definition) is 4. The van der Waals surface area contributed by atoms with Gasteiger partial charge in [-0.2, -0.15) is 0 Å². The Kier molecular flexibility index (Phi) is 2.29. The molecule has 2 bridgehead atoms. The summed E-state index contributed by atoms with van der Waals surface area (Å²) in [4.78, 5) is 23.3. The lowest BCUT2D eigenvalue weighted by Gasteiger charge is -2.28. The van der Waals surface area contributed by atoms with Gasteiger partial charge in [-0.3, -0.25) is 9.59 Å². The van der Waals surface area contributed by atoms with Crippen molar-refractivity contribution in [1.29, 1.82) is 0 Å². The average molecular weight is 210 g/mol. The Labute approximate surface area is 88.2 Å². The van der Waals surface area contributed by atoms with E-state index >= 15 is 0 Å². The highest BCUT2D eigenvalue weighted by atomic mass is 16.5. The first-order valence-corrected chi connectivity index (χ1v) is 4.98. The van der Waals surface area contributed by atoms with Gasteiger partial charge in [0.15, 0.2) is 0 Å². The molecule has 82 valence electrons. The fourth-order valence-corrected chi connectivity index (χ4v) is 2.71. The largest absolute Gasteiger partial charge is 0.469 e. The third-order valence-electron chi connectivity index (χ3n) is 3.51. The van der Waals surface area contributed by atoms with Gasteiger partial charge in [0, 0.05) is 0 Å². The van der Waals surface area contributed by atoms with E-state index < -0.39 is 5.41 Å². The Balaban J connectivity index is 2.30. The van der Waals surface area contributed by atoms with Crippen molar-refractivity contribution < 1.29 is 19.1 Å². The van der Waals surface area contributed by atoms with Crippen molar-refractivity contribution in [2.24, 2.45) is 11.3 Å². The quantitative estimate of drug-likeness (QED) is 0.505. The van der Waals surface area contributed by atoms with E-state index in [0.717, 1.165) is 0 Å². The van der Waals surface area contributed by atoms with E-state index in [1.807, 2.05) is 6.08 Å². The maximum atomic E-state index is 11.8. The maximum Gasteiger partial charge on any atom is 0.313 e. The van der Waals surface area contributed by atoms with Gasteiger partial charge in [-0.05, 0) is 19.3 Å². The first-order valence-electron chi connectivity index (χ1n) is 4.98. The molecule has 0 radical (unpaired) electrons. The minimum Gasteiger partial charge on any atom is -0.469 e. The zero-order valence-electron chi connectivity index (χ0n) is 8.91. The van der Waals surface area contributed by atoms with Crippen molar-refractivity contribution in [2.75, 3.05) is 14.2 Å². The summed E-state index contributed by atoms with van der Waals surface area (Å²) in [6, 6.07) is 0. The topological polar surface area (TPSA) is 52.6 Å². The van der Waals surface area contributed by atoms with Gasteiger partial charge in [0.1, 0.15) is 0 Å². The van der Waals surface area contributed by atoms with Gasteiger partial charge in [0.05, 0.1) is 25.6 Å². The van der Waals surface area contributed by atoms with E-state index in [0.29, 0.717) is 19.3 Å². The van der Waals surface area contributed by atoms with Crippen LogP contribution in [0.2, 0.25) is 0 Å². The number of carbonyl (C=O) groups is 2. The fraction of sp³-hybridized carbons (Fsp3) is 0.636. The summed E-state index contributed by atoms with van der Waals surface area (Å²) in [7, 11) is 2.72. The van der Waals surface area contributed by atoms with Crippen LogP contribution in [0.3, 0.4) is 0 Å². The van der Waals surface area contributed by atoms with Crippen LogP contribution < -0.4 is 0 Å². The smallest absolute Gasteiger partial charge is 0.313 e. The molecule has 0 aromatic heterocycles. The Morgan fingerprint density at radius 2 is 2.13 bits per heavy atom. The molecule has 0 spiro atoms. The van der Waals surface area contributed by atoms with E-state index in [1.54, 1.807) is 0 Å². The predicted octanol–water partition coefficient (Wildman–Crippen LogP) is 1.06. The molecule has 0 aliphatic heterocycles. The van der Waals surface area contributed by atoms with E-state index in [4.69, 9.17) is 9.47 Å². The van der Waals surface area contributed by atoms with Crippen molar-refractivity contribution in [1.82, 2.24) is 0 Å². The van der Waals surface area contributed by atoms with Gasteiger partial charge in [0.2, 0.25) is 0 Å². The van der Waals surface area contributed by atoms with Crippen molar-refractivity contribution in [3.8, 4) is 0 Å². The third-order valence-corrected chi connectivity index (χ3v) is 3.51. The first-order chi connectivity index (χ1) is 7.14. The molecule has 0 heterocycles. The van der Waals surface area contributed by atoms with E-state index in [-0.39, 0.29) is 17.9 Å². The number of allylic oxidation sites excluding steroid dienone is 2. The lowest BCUT2D eigenvalue weighted by atomic mass is 9.75. The van der Waals surface area contributed by atoms with Crippen molar-refractivity contribution in [3.05, 3.63) is 11.6 Å². The van der Waals surface area contributed by atoms with E-state index in [1.165, 1.54) is 19.8 Å². The summed E-state index contributed by atoms with van der Waals surface area (Å²) in [5.41, 5.74) is 0.507. The SMILES string of the molecule is COC(=O)C1CC2=CCC1(C(=O)OC)C2. The summed E-state index contributed by atoms with van der Waals surface area (Å²) < 4.78 is 9.53. The zero-order valence-corrected chi connectivity index (χ0v) is 8.91. The molecule has 0 saturated heterocycles. The Bertz CT molecular complexity index is 344. The summed E-state index contributed by atoms with van der Waals surface area (Å²) in [5.74, 6) is -0.944. The Morgan fingerprint density at radius 1 is 1.40 bits per heavy atom. The number of hydrogen-bond donors (Lipinski definition) is 0. The van der Waals surface area contributed by atoms with Crippen LogP contribution in [0.4, 0.5) is 0 Å². The molecule has 4 heteroatoms. The lowest BCUT2D eigenvalue weighted by Crippen LogP contribution is -2.39. The van der Waals surface area contributed by atoms with Crippen LogP contribution in [-0.2, 0) is 19.1 Å². The minimum atomic E-state index is -0.669. The van der Waals surface area contributed by atoms with Gasteiger partial charge in [-0.15, -0.1) is 0 Å². The molecule has 2 aliphatic rings. The number of ether oxygens (including phenoxy) is 2. The molecular formula is C11H14O4. The normalized spacial score (nSPS) is 32.4. The molecule has 2 atom stereocenters. The van der Waals surface area contributed by atoms with Crippen LogP contribution in [0.25, 0.3) is 0 Å². The van der Waals surface area contributed by atoms with Crippen LogP contribution in [0.5, 0.6) is 0 Å². The number of methoxy groups -OCH3 is 2. The second kappa shape index (κ2) is 3.36. The summed E-state index contributed by atoms with van der Waals surface area (Å²) >= 11 is 0. The molecule has 1 fully saturated rings. The van der Waals surface area contributed by atoms with E-state index in [2.05, 4.69) is 0 Å². The van der Waals surface area contributed by atoms with Crippen LogP contribution in [0.1, 0.15) is 19.3 Å². The van der Waals surface area contributed by atoms with Crippen molar-refractivity contribution in [2.45, 2.75) is 19.3 Å². The molecular weight excluding hydrogens is 196 g/mol. The van der Waals surface area contributed by atoms with Crippen LogP contribution in [0, 0.1) is 11.3 Å². The number of rotatable bonds is 2. The molecule has 0 aromatic carbocycles. The molecule has 1 saturated carbocycles. The molecule has 2 aliphatic carbocycles. The van der Waals surface area contributed by atoms with Crippen LogP contribution in [-0.4, -0.2) is 26.2 Å². The number of carbonyl (C=O) groups excluding carboxylic acids is 2. The third kappa shape index (κ3) is 1.28. The van der Waals surface area contributed by atoms with Crippen LogP contribution in [0.15, 0.2) is 11.6 Å². The Morgan fingerprint density at radius 3 is 2.67 bits per heavy atom. The van der Waals surface area contributed by atoms with Gasteiger partial charge >= 0.3 is 11.9 Å². The summed E-state index contributed by atoms with van der Waals surface area (Å²) in [6.45, 7) is 0. The van der Waals surface area contributed by atoms with Gasteiger partial charge in [-0.1, -0.05) is 11.6 Å². The average Bonchev–Trinajstić information content (AvgIpc) is 2.85. The highest BCUT2D eigenvalue weighted by Crippen LogP contribution is 2.55. The van der Waals surface area contributed by atoms with E-state index in [9.17, 15) is 9.59 Å². The first kappa shape index (κ1) is 10.2. The molecule has 0 amide bonds. The Hall–Kier alpha value is -1.32. The lowest BCUT2D eigenvalue weighted by molar-refractivity contribution is -0.164. The monoisotopic (exact) mass is 210 g/mol. The molecule has 0 N–H and O–H groups in total. The fourth-order valence-electron chi connectivity index (χ4n) is 2.71. The van der Waals surface area contributed by atoms with Crippen LogP contribution >= 0.6 is 0 Å². The second-order valence-corrected chi connectivity index (χ2v) is 4.17. The second-order valence-electron chi connectivity index (χ2n) is 4.17. The molecule has 15 heavy (non-hydrogen) atoms. The number of esters is 2. The molecule has 2 unspecified atom stereocenters. The molecule has 4 nitrogen and oxygen atoms in total. The summed E-state index contributed by atoms with van der Waals surface area (Å²) in [6.07, 6.45) is 3.94. The van der Waals surface area contributed by atoms with Gasteiger partial charge < -0.3 is 9.47 Å². The summed E-state index contributed by atoms with van der Waals surface area (Å²) in [5, 5.41) is 0. The molecule has 2 rings (SSSR count). The number of fused-ring (bicyclic) bond motifs is 2. The van der Waals surface area contributed by atoms with Gasteiger partial charge in [-0.25, -0.2) is 0 Å². The maximum absolute atomic E-state index is 11.8. The standard InChI is InChI=1S/C11H14O4/c1-14-9(12)8-5-7-3-4-11(8,6-7)10(13)15-2/h3,8H,4-6H2,1-2H3. The van der Waals surface area contributed by atoms with Gasteiger partial charge in [0.25, 0.3) is 0 Å². The predicted molar refractivity (Wildman–Crippen MR) is 51.9 cm³/mol. The highest BCUT2D eigenvalue weighted by molar-refractivity contribution is 5.88. The highest BCUT2D eigenvalue weighted by Gasteiger charge is 2.57. The van der Waals surface area contributed by atoms with Crippen molar-refractivity contribution >= 4 is 11.9 Å². The zero-order chi connectivity index (χ0) is 11.1. The van der Waals surface area contributed by atoms with Crippen molar-refractivity contribution in [3.63, 3.8) is 0 Å². The minimum absolute atomic E-state index is 0.290. The molecule has 0 aromatic rings.